The summed E-state index contributed by atoms with van der Waals surface area (Å²) in [6.45, 7) is 5.28. The van der Waals surface area contributed by atoms with Crippen molar-refractivity contribution in [3.05, 3.63) is 81.7 Å². The van der Waals surface area contributed by atoms with Gasteiger partial charge >= 0.3 is 5.69 Å². The monoisotopic (exact) mass is 594 g/mol. The van der Waals surface area contributed by atoms with Crippen molar-refractivity contribution in [2.75, 3.05) is 38.9 Å². The Labute approximate surface area is 247 Å². The number of nitrogens with zero attached hydrogens (tertiary/aromatic N) is 2. The molecule has 0 saturated heterocycles. The molecule has 0 spiro atoms. The zero-order valence-electron chi connectivity index (χ0n) is 23.7. The number of benzene rings is 2. The Morgan fingerprint density at radius 3 is 2.48 bits per heavy atom. The molecule has 2 aromatic carbocycles. The minimum absolute atomic E-state index is 0.142. The second-order valence-electron chi connectivity index (χ2n) is 9.42. The van der Waals surface area contributed by atoms with Crippen molar-refractivity contribution in [3.63, 3.8) is 0 Å². The molecule has 222 valence electrons. The van der Waals surface area contributed by atoms with Crippen LogP contribution in [0.25, 0.3) is 11.3 Å². The van der Waals surface area contributed by atoms with Gasteiger partial charge < -0.3 is 29.6 Å². The van der Waals surface area contributed by atoms with Crippen LogP contribution in [0.2, 0.25) is 0 Å². The maximum Gasteiger partial charge on any atom is 0.329 e. The molecule has 0 radical (unpaired) electrons. The average Bonchev–Trinajstić information content (AvgIpc) is 3.59. The molecule has 4 aromatic rings. The minimum Gasteiger partial charge on any atom is -0.493 e. The second kappa shape index (κ2) is 14.6. The smallest absolute Gasteiger partial charge is 0.329 e. The summed E-state index contributed by atoms with van der Waals surface area (Å²) in [5.74, 6) is -1.01. The summed E-state index contributed by atoms with van der Waals surface area (Å²) >= 11 is 1.12. The van der Waals surface area contributed by atoms with Crippen molar-refractivity contribution in [1.82, 2.24) is 14.5 Å². The first-order valence-corrected chi connectivity index (χ1v) is 14.4. The van der Waals surface area contributed by atoms with Gasteiger partial charge in [0.15, 0.2) is 10.9 Å². The molecule has 3 N–H and O–H groups in total. The standard InChI is InChI=1S/C30H34N4O7S/c1-4-24(35)23-18-42-29(31-23)33-27(36)26(19(2)20-8-6-5-7-9-20)34-28(37)25(32-30(34)38)21-10-12-22(13-11-21)41-17-16-40-15-14-39-3/h5-13,18-19,26,37H,4,14-17H2,1-3H3,(H,32,38)(H,31,33,36)/t19-,26-/m0/s1. The Hall–Kier alpha value is -4.26. The van der Waals surface area contributed by atoms with Gasteiger partial charge in [-0.1, -0.05) is 44.2 Å². The number of aromatic amines is 1. The molecule has 0 aliphatic carbocycles. The van der Waals surface area contributed by atoms with Crippen LogP contribution in [0.3, 0.4) is 0 Å². The van der Waals surface area contributed by atoms with Gasteiger partial charge in [0.05, 0.1) is 19.8 Å². The number of thiazole rings is 1. The van der Waals surface area contributed by atoms with Crippen molar-refractivity contribution >= 4 is 28.2 Å². The number of hydrogen-bond acceptors (Lipinski definition) is 9. The van der Waals surface area contributed by atoms with Gasteiger partial charge in [0, 0.05) is 30.4 Å². The zero-order chi connectivity index (χ0) is 30.1. The number of ketones is 1. The van der Waals surface area contributed by atoms with E-state index in [4.69, 9.17) is 14.2 Å². The lowest BCUT2D eigenvalue weighted by molar-refractivity contribution is -0.120. The third-order valence-electron chi connectivity index (χ3n) is 6.66. The number of imidazole rings is 1. The van der Waals surface area contributed by atoms with Gasteiger partial charge in [0.1, 0.15) is 29.8 Å². The number of rotatable bonds is 15. The maximum absolute atomic E-state index is 13.7. The topological polar surface area (TPSA) is 145 Å². The van der Waals surface area contributed by atoms with E-state index in [9.17, 15) is 19.5 Å². The lowest BCUT2D eigenvalue weighted by Gasteiger charge is -2.24. The number of anilines is 1. The highest BCUT2D eigenvalue weighted by molar-refractivity contribution is 7.14. The van der Waals surface area contributed by atoms with E-state index in [2.05, 4.69) is 15.3 Å². The molecule has 0 saturated carbocycles. The molecule has 0 aliphatic heterocycles. The van der Waals surface area contributed by atoms with Gasteiger partial charge in [-0.05, 0) is 29.8 Å². The second-order valence-corrected chi connectivity index (χ2v) is 10.3. The largest absolute Gasteiger partial charge is 0.493 e. The lowest BCUT2D eigenvalue weighted by atomic mass is 9.92. The number of carbonyl (C=O) groups excluding carboxylic acids is 2. The third kappa shape index (κ3) is 7.32. The molecule has 11 nitrogen and oxygen atoms in total. The van der Waals surface area contributed by atoms with E-state index in [1.54, 1.807) is 50.6 Å². The van der Waals surface area contributed by atoms with Crippen LogP contribution >= 0.6 is 11.3 Å². The molecule has 2 heterocycles. The average molecular weight is 595 g/mol. The highest BCUT2D eigenvalue weighted by atomic mass is 32.1. The highest BCUT2D eigenvalue weighted by Gasteiger charge is 2.33. The molecule has 0 aliphatic rings. The van der Waals surface area contributed by atoms with E-state index in [0.29, 0.717) is 37.7 Å². The number of aromatic nitrogens is 3. The number of amides is 1. The van der Waals surface area contributed by atoms with Crippen LogP contribution in [0.1, 0.15) is 48.3 Å². The fourth-order valence-corrected chi connectivity index (χ4v) is 5.12. The van der Waals surface area contributed by atoms with Gasteiger partial charge in [-0.3, -0.25) is 9.59 Å². The molecule has 12 heteroatoms. The van der Waals surface area contributed by atoms with E-state index >= 15 is 0 Å². The van der Waals surface area contributed by atoms with Crippen molar-refractivity contribution in [3.8, 4) is 22.9 Å². The Morgan fingerprint density at radius 2 is 1.79 bits per heavy atom. The molecule has 42 heavy (non-hydrogen) atoms. The van der Waals surface area contributed by atoms with Crippen LogP contribution in [0.4, 0.5) is 5.13 Å². The summed E-state index contributed by atoms with van der Waals surface area (Å²) in [6.07, 6.45) is 0.288. The number of H-pyrrole nitrogens is 1. The molecule has 0 fully saturated rings. The molecule has 2 aromatic heterocycles. The van der Waals surface area contributed by atoms with Crippen LogP contribution < -0.4 is 15.7 Å². The number of aromatic hydroxyl groups is 1. The summed E-state index contributed by atoms with van der Waals surface area (Å²) in [6, 6.07) is 14.9. The van der Waals surface area contributed by atoms with Crippen LogP contribution in [0, 0.1) is 0 Å². The summed E-state index contributed by atoms with van der Waals surface area (Å²) < 4.78 is 17.1. The number of Topliss-reactive ketones (excluding diaryl/α,β-unsaturated/α-hetero) is 1. The number of nitrogens with one attached hydrogen (secondary N) is 2. The van der Waals surface area contributed by atoms with Crippen LogP contribution in [-0.2, 0) is 14.3 Å². The highest BCUT2D eigenvalue weighted by Crippen LogP contribution is 2.36. The molecule has 1 amide bonds. The predicted molar refractivity (Wildman–Crippen MR) is 160 cm³/mol. The number of methoxy groups -OCH3 is 1. The Bertz CT molecular complexity index is 1530. The molecule has 0 bridgehead atoms. The minimum atomic E-state index is -1.14. The van der Waals surface area contributed by atoms with Crippen molar-refractivity contribution < 1.29 is 28.9 Å². The normalized spacial score (nSPS) is 12.5. The van der Waals surface area contributed by atoms with E-state index < -0.39 is 23.6 Å². The van der Waals surface area contributed by atoms with Gasteiger partial charge in [-0.2, -0.15) is 0 Å². The van der Waals surface area contributed by atoms with Crippen LogP contribution in [0.5, 0.6) is 11.6 Å². The van der Waals surface area contributed by atoms with Crippen molar-refractivity contribution in [2.45, 2.75) is 32.2 Å². The van der Waals surface area contributed by atoms with Crippen LogP contribution in [0.15, 0.2) is 64.8 Å². The van der Waals surface area contributed by atoms with E-state index in [1.807, 2.05) is 30.3 Å². The zero-order valence-corrected chi connectivity index (χ0v) is 24.5. The quantitative estimate of drug-likeness (QED) is 0.134. The predicted octanol–water partition coefficient (Wildman–Crippen LogP) is 4.62. The SMILES string of the molecule is CCC(=O)c1csc(NC(=O)[C@H]([C@@H](C)c2ccccc2)n2c(O)c(-c3ccc(OCCOCCOC)cc3)[nH]c2=O)n1. The number of carbonyl (C=O) groups is 2. The molecular formula is C30H34N4O7S. The summed E-state index contributed by atoms with van der Waals surface area (Å²) in [4.78, 5) is 46.0. The van der Waals surface area contributed by atoms with Crippen molar-refractivity contribution in [1.29, 1.82) is 0 Å². The van der Waals surface area contributed by atoms with E-state index in [0.717, 1.165) is 21.5 Å². The molecule has 4 rings (SSSR count). The number of hydrogen-bond donors (Lipinski definition) is 3. The van der Waals surface area contributed by atoms with Crippen molar-refractivity contribution in [2.24, 2.45) is 0 Å². The summed E-state index contributed by atoms with van der Waals surface area (Å²) in [7, 11) is 1.61. The fourth-order valence-electron chi connectivity index (χ4n) is 4.41. The summed E-state index contributed by atoms with van der Waals surface area (Å²) in [5.41, 5.74) is 1.10. The number of ether oxygens (including phenoxy) is 3. The van der Waals surface area contributed by atoms with Gasteiger partial charge in [-0.15, -0.1) is 11.3 Å². The first-order valence-electron chi connectivity index (χ1n) is 13.5. The molecule has 2 atom stereocenters. The van der Waals surface area contributed by atoms with Gasteiger partial charge in [0.25, 0.3) is 0 Å². The fraction of sp³-hybridized carbons (Fsp3) is 0.333. The molecule has 0 unspecified atom stereocenters. The Kier molecular flexibility index (Phi) is 10.7. The van der Waals surface area contributed by atoms with Gasteiger partial charge in [-0.25, -0.2) is 14.3 Å². The third-order valence-corrected chi connectivity index (χ3v) is 7.42. The summed E-state index contributed by atoms with van der Waals surface area (Å²) in [5, 5.41) is 15.8. The lowest BCUT2D eigenvalue weighted by Crippen LogP contribution is -2.35. The first kappa shape index (κ1) is 30.7. The Balaban J connectivity index is 1.59. The Morgan fingerprint density at radius 1 is 1.07 bits per heavy atom. The van der Waals surface area contributed by atoms with Gasteiger partial charge in [0.2, 0.25) is 11.8 Å². The van der Waals surface area contributed by atoms with Crippen LogP contribution in [-0.4, -0.2) is 64.9 Å². The maximum atomic E-state index is 13.7. The van der Waals surface area contributed by atoms with E-state index in [-0.39, 0.29) is 34.6 Å². The molecular weight excluding hydrogens is 560 g/mol. The van der Waals surface area contributed by atoms with E-state index in [1.165, 1.54) is 0 Å². The first-order chi connectivity index (χ1) is 20.3.